The van der Waals surface area contributed by atoms with E-state index in [-0.39, 0.29) is 5.75 Å². The molecule has 1 atom stereocenters. The molecule has 2 rings (SSSR count). The Kier molecular flexibility index (Phi) is 4.56. The number of hydrogen-bond donors (Lipinski definition) is 1. The van der Waals surface area contributed by atoms with Gasteiger partial charge >= 0.3 is 0 Å². The zero-order chi connectivity index (χ0) is 13.8. The highest BCUT2D eigenvalue weighted by atomic mass is 79.9. The Morgan fingerprint density at radius 1 is 1.21 bits per heavy atom. The lowest BCUT2D eigenvalue weighted by Crippen LogP contribution is -1.95. The summed E-state index contributed by atoms with van der Waals surface area (Å²) in [6, 6.07) is 11.5. The fourth-order valence-electron chi connectivity index (χ4n) is 1.68. The van der Waals surface area contributed by atoms with E-state index in [0.717, 1.165) is 10.0 Å². The molecule has 0 unspecified atom stereocenters. The van der Waals surface area contributed by atoms with E-state index in [4.69, 9.17) is 4.74 Å². The van der Waals surface area contributed by atoms with Crippen LogP contribution in [0.1, 0.15) is 25.0 Å². The van der Waals surface area contributed by atoms with Gasteiger partial charge in [0.25, 0.3) is 0 Å². The molecule has 100 valence electrons. The monoisotopic (exact) mass is 324 g/mol. The molecule has 2 nitrogen and oxygen atoms in total. The van der Waals surface area contributed by atoms with Crippen molar-refractivity contribution in [2.45, 2.75) is 19.4 Å². The first-order valence-corrected chi connectivity index (χ1v) is 6.80. The number of benzene rings is 2. The predicted molar refractivity (Wildman–Crippen MR) is 75.9 cm³/mol. The molecule has 0 aromatic heterocycles. The number of rotatable bonds is 4. The Morgan fingerprint density at radius 3 is 2.53 bits per heavy atom. The lowest BCUT2D eigenvalue weighted by molar-refractivity contribution is 0.173. The largest absolute Gasteiger partial charge is 0.454 e. The molecular formula is C15H14BrFO2. The highest BCUT2D eigenvalue weighted by Crippen LogP contribution is 2.28. The van der Waals surface area contributed by atoms with Crippen LogP contribution >= 0.6 is 15.9 Å². The van der Waals surface area contributed by atoms with Gasteiger partial charge in [-0.05, 0) is 42.3 Å². The van der Waals surface area contributed by atoms with Crippen LogP contribution in [0.3, 0.4) is 0 Å². The molecule has 4 heteroatoms. The molecule has 0 aliphatic rings. The summed E-state index contributed by atoms with van der Waals surface area (Å²) in [5.74, 6) is 0.281. The van der Waals surface area contributed by atoms with Crippen LogP contribution in [0.5, 0.6) is 11.5 Å². The molecule has 0 aliphatic heterocycles. The molecule has 0 bridgehead atoms. The van der Waals surface area contributed by atoms with Crippen LogP contribution in [-0.2, 0) is 0 Å². The predicted octanol–water partition coefficient (Wildman–Crippen LogP) is 4.82. The summed E-state index contributed by atoms with van der Waals surface area (Å²) in [6.45, 7) is 1.91. The summed E-state index contributed by atoms with van der Waals surface area (Å²) >= 11 is 3.27. The van der Waals surface area contributed by atoms with Crippen molar-refractivity contribution in [2.24, 2.45) is 0 Å². The SMILES string of the molecule is CC[C@@H](O)c1ccc(Oc2cc(Br)ccc2F)cc1. The molecule has 0 heterocycles. The normalized spacial score (nSPS) is 12.2. The summed E-state index contributed by atoms with van der Waals surface area (Å²) in [5.41, 5.74) is 0.824. The number of hydrogen-bond acceptors (Lipinski definition) is 2. The first-order chi connectivity index (χ1) is 9.10. The van der Waals surface area contributed by atoms with Gasteiger partial charge in [-0.25, -0.2) is 4.39 Å². The van der Waals surface area contributed by atoms with E-state index in [9.17, 15) is 9.50 Å². The second-order valence-electron chi connectivity index (χ2n) is 4.17. The number of aliphatic hydroxyl groups is 1. The van der Waals surface area contributed by atoms with Crippen molar-refractivity contribution >= 4 is 15.9 Å². The smallest absolute Gasteiger partial charge is 0.165 e. The maximum Gasteiger partial charge on any atom is 0.165 e. The van der Waals surface area contributed by atoms with E-state index in [0.29, 0.717) is 12.2 Å². The number of aliphatic hydroxyl groups excluding tert-OH is 1. The molecule has 1 N–H and O–H groups in total. The molecule has 0 radical (unpaired) electrons. The van der Waals surface area contributed by atoms with Gasteiger partial charge in [-0.1, -0.05) is 35.0 Å². The van der Waals surface area contributed by atoms with E-state index in [2.05, 4.69) is 15.9 Å². The number of halogens is 2. The molecule has 0 spiro atoms. The minimum absolute atomic E-state index is 0.165. The second-order valence-corrected chi connectivity index (χ2v) is 5.09. The summed E-state index contributed by atoms with van der Waals surface area (Å²) in [4.78, 5) is 0. The third-order valence-corrected chi connectivity index (χ3v) is 3.27. The molecule has 0 amide bonds. The standard InChI is InChI=1S/C15H14BrFO2/c1-2-14(18)10-3-6-12(7-4-10)19-15-9-11(16)5-8-13(15)17/h3-9,14,18H,2H2,1H3/t14-/m1/s1. The second kappa shape index (κ2) is 6.17. The average Bonchev–Trinajstić information content (AvgIpc) is 2.43. The molecule has 0 saturated carbocycles. The fraction of sp³-hybridized carbons (Fsp3) is 0.200. The Morgan fingerprint density at radius 2 is 1.89 bits per heavy atom. The lowest BCUT2D eigenvalue weighted by atomic mass is 10.1. The minimum atomic E-state index is -0.475. The highest BCUT2D eigenvalue weighted by Gasteiger charge is 2.07. The Labute approximate surface area is 120 Å². The first kappa shape index (κ1) is 14.0. The quantitative estimate of drug-likeness (QED) is 0.873. The van der Waals surface area contributed by atoms with Gasteiger partial charge in [0.1, 0.15) is 5.75 Å². The van der Waals surface area contributed by atoms with E-state index >= 15 is 0 Å². The zero-order valence-corrected chi connectivity index (χ0v) is 12.0. The van der Waals surface area contributed by atoms with Crippen molar-refractivity contribution < 1.29 is 14.2 Å². The van der Waals surface area contributed by atoms with Crippen LogP contribution in [0, 0.1) is 5.82 Å². The summed E-state index contributed by atoms with van der Waals surface area (Å²) in [5, 5.41) is 9.68. The molecule has 0 saturated heterocycles. The third-order valence-electron chi connectivity index (χ3n) is 2.77. The average molecular weight is 325 g/mol. The van der Waals surface area contributed by atoms with Gasteiger partial charge in [0, 0.05) is 4.47 Å². The fourth-order valence-corrected chi connectivity index (χ4v) is 2.02. The molecular weight excluding hydrogens is 311 g/mol. The molecule has 2 aromatic carbocycles. The Balaban J connectivity index is 2.17. The third kappa shape index (κ3) is 3.55. The minimum Gasteiger partial charge on any atom is -0.454 e. The lowest BCUT2D eigenvalue weighted by Gasteiger charge is -2.10. The molecule has 2 aromatic rings. The van der Waals surface area contributed by atoms with Gasteiger partial charge in [0.15, 0.2) is 11.6 Å². The van der Waals surface area contributed by atoms with Crippen molar-refractivity contribution in [1.82, 2.24) is 0 Å². The van der Waals surface area contributed by atoms with E-state index in [1.54, 1.807) is 36.4 Å². The van der Waals surface area contributed by atoms with Crippen LogP contribution in [0.2, 0.25) is 0 Å². The van der Waals surface area contributed by atoms with Gasteiger partial charge < -0.3 is 9.84 Å². The van der Waals surface area contributed by atoms with Gasteiger partial charge in [0.05, 0.1) is 6.10 Å². The van der Waals surface area contributed by atoms with Crippen molar-refractivity contribution in [1.29, 1.82) is 0 Å². The molecule has 0 aliphatic carbocycles. The van der Waals surface area contributed by atoms with Crippen LogP contribution in [-0.4, -0.2) is 5.11 Å². The van der Waals surface area contributed by atoms with Crippen molar-refractivity contribution in [3.63, 3.8) is 0 Å². The Bertz CT molecular complexity index is 555. The molecule has 19 heavy (non-hydrogen) atoms. The van der Waals surface area contributed by atoms with Crippen molar-refractivity contribution in [3.8, 4) is 11.5 Å². The van der Waals surface area contributed by atoms with Crippen LogP contribution in [0.4, 0.5) is 4.39 Å². The Hall–Kier alpha value is -1.39. The van der Waals surface area contributed by atoms with E-state index < -0.39 is 11.9 Å². The topological polar surface area (TPSA) is 29.5 Å². The summed E-state index contributed by atoms with van der Waals surface area (Å²) < 4.78 is 19.8. The van der Waals surface area contributed by atoms with E-state index in [1.807, 2.05) is 6.92 Å². The van der Waals surface area contributed by atoms with Gasteiger partial charge in [0.2, 0.25) is 0 Å². The zero-order valence-electron chi connectivity index (χ0n) is 10.4. The maximum absolute atomic E-state index is 13.5. The van der Waals surface area contributed by atoms with E-state index in [1.165, 1.54) is 6.07 Å². The first-order valence-electron chi connectivity index (χ1n) is 6.01. The van der Waals surface area contributed by atoms with Crippen LogP contribution in [0.15, 0.2) is 46.9 Å². The van der Waals surface area contributed by atoms with Crippen molar-refractivity contribution in [2.75, 3.05) is 0 Å². The van der Waals surface area contributed by atoms with Gasteiger partial charge in [-0.2, -0.15) is 0 Å². The van der Waals surface area contributed by atoms with Crippen LogP contribution in [0.25, 0.3) is 0 Å². The number of ether oxygens (including phenoxy) is 1. The summed E-state index contributed by atoms with van der Waals surface area (Å²) in [6.07, 6.45) is 0.178. The maximum atomic E-state index is 13.5. The van der Waals surface area contributed by atoms with Gasteiger partial charge in [-0.15, -0.1) is 0 Å². The summed E-state index contributed by atoms with van der Waals surface area (Å²) in [7, 11) is 0. The molecule has 0 fully saturated rings. The van der Waals surface area contributed by atoms with Crippen LogP contribution < -0.4 is 4.74 Å². The highest BCUT2D eigenvalue weighted by molar-refractivity contribution is 9.10. The van der Waals surface area contributed by atoms with Gasteiger partial charge in [-0.3, -0.25) is 0 Å². The van der Waals surface area contributed by atoms with Crippen molar-refractivity contribution in [3.05, 3.63) is 58.3 Å².